The number of carbonyl (C=O) groups excluding carboxylic acids is 1. The largest absolute Gasteiger partial charge is 0.508 e. The zero-order valence-corrected chi connectivity index (χ0v) is 14.3. The van der Waals surface area contributed by atoms with Crippen LogP contribution in [0.1, 0.15) is 35.9 Å². The number of thiophene rings is 1. The highest BCUT2D eigenvalue weighted by atomic mass is 32.1. The molecule has 1 aromatic carbocycles. The molecule has 1 N–H and O–H groups in total. The molecule has 0 atom stereocenters. The molecular formula is C17H16N2O4S. The zero-order chi connectivity index (χ0) is 17.4. The first-order valence-corrected chi connectivity index (χ1v) is 8.24. The molecule has 0 spiro atoms. The smallest absolute Gasteiger partial charge is 0.340 e. The molecule has 124 valence electrons. The summed E-state index contributed by atoms with van der Waals surface area (Å²) in [5.74, 6) is 0.00892. The Morgan fingerprint density at radius 1 is 1.33 bits per heavy atom. The van der Waals surface area contributed by atoms with Crippen molar-refractivity contribution in [2.45, 2.75) is 19.8 Å². The lowest BCUT2D eigenvalue weighted by Gasteiger charge is -2.15. The maximum atomic E-state index is 13.0. The van der Waals surface area contributed by atoms with Crippen LogP contribution in [0.4, 0.5) is 0 Å². The van der Waals surface area contributed by atoms with Gasteiger partial charge in [0.25, 0.3) is 5.56 Å². The minimum absolute atomic E-state index is 0.0493. The van der Waals surface area contributed by atoms with Gasteiger partial charge in [-0.05, 0) is 23.6 Å². The van der Waals surface area contributed by atoms with Crippen molar-refractivity contribution >= 4 is 28.2 Å². The number of hydrogen-bond donors (Lipinski definition) is 1. The number of benzene rings is 1. The summed E-state index contributed by atoms with van der Waals surface area (Å²) in [6, 6.07) is 6.07. The molecule has 0 radical (unpaired) electrons. The number of rotatable bonds is 3. The molecule has 6 nitrogen and oxygen atoms in total. The van der Waals surface area contributed by atoms with E-state index in [0.717, 1.165) is 0 Å². The van der Waals surface area contributed by atoms with E-state index in [1.807, 2.05) is 13.8 Å². The summed E-state index contributed by atoms with van der Waals surface area (Å²) >= 11 is 1.28. The minimum Gasteiger partial charge on any atom is -0.508 e. The summed E-state index contributed by atoms with van der Waals surface area (Å²) in [7, 11) is 1.30. The first kappa shape index (κ1) is 16.2. The van der Waals surface area contributed by atoms with Gasteiger partial charge in [0.1, 0.15) is 16.6 Å². The maximum absolute atomic E-state index is 13.0. The zero-order valence-electron chi connectivity index (χ0n) is 13.4. The van der Waals surface area contributed by atoms with Gasteiger partial charge in [0.05, 0.1) is 23.6 Å². The number of aromatic hydroxyl groups is 1. The molecule has 24 heavy (non-hydrogen) atoms. The van der Waals surface area contributed by atoms with Gasteiger partial charge in [-0.1, -0.05) is 13.8 Å². The fourth-order valence-corrected chi connectivity index (χ4v) is 3.41. The van der Waals surface area contributed by atoms with Crippen LogP contribution in [0.15, 0.2) is 34.4 Å². The van der Waals surface area contributed by atoms with Crippen molar-refractivity contribution in [2.24, 2.45) is 0 Å². The van der Waals surface area contributed by atoms with E-state index in [1.165, 1.54) is 41.2 Å². The lowest BCUT2D eigenvalue weighted by molar-refractivity contribution is 0.0601. The van der Waals surface area contributed by atoms with E-state index in [2.05, 4.69) is 4.98 Å². The van der Waals surface area contributed by atoms with Crippen LogP contribution in [0.5, 0.6) is 5.75 Å². The molecule has 0 bridgehead atoms. The highest BCUT2D eigenvalue weighted by molar-refractivity contribution is 7.13. The van der Waals surface area contributed by atoms with Crippen LogP contribution >= 0.6 is 11.3 Å². The third kappa shape index (κ3) is 2.56. The second-order valence-electron chi connectivity index (χ2n) is 5.60. The Balaban J connectivity index is 2.39. The highest BCUT2D eigenvalue weighted by Crippen LogP contribution is 2.27. The molecule has 0 unspecified atom stereocenters. The van der Waals surface area contributed by atoms with Crippen molar-refractivity contribution in [3.8, 4) is 10.8 Å². The minimum atomic E-state index is -0.501. The fraction of sp³-hybridized carbons (Fsp3) is 0.235. The molecule has 0 fully saturated rings. The van der Waals surface area contributed by atoms with Gasteiger partial charge in [-0.2, -0.15) is 0 Å². The van der Waals surface area contributed by atoms with Crippen LogP contribution in [0.2, 0.25) is 0 Å². The number of phenols is 1. The Morgan fingerprint density at radius 3 is 2.75 bits per heavy atom. The highest BCUT2D eigenvalue weighted by Gasteiger charge is 2.21. The fourth-order valence-electron chi connectivity index (χ4n) is 2.51. The van der Waals surface area contributed by atoms with Gasteiger partial charge in [-0.25, -0.2) is 9.78 Å². The monoisotopic (exact) mass is 344 g/mol. The molecule has 2 aromatic heterocycles. The number of ether oxygens (including phenoxy) is 1. The molecule has 0 aliphatic carbocycles. The average molecular weight is 344 g/mol. The Morgan fingerprint density at radius 2 is 2.08 bits per heavy atom. The summed E-state index contributed by atoms with van der Waals surface area (Å²) < 4.78 is 6.26. The van der Waals surface area contributed by atoms with Crippen molar-refractivity contribution in [3.63, 3.8) is 0 Å². The Kier molecular flexibility index (Phi) is 4.11. The van der Waals surface area contributed by atoms with Crippen molar-refractivity contribution in [1.29, 1.82) is 0 Å². The van der Waals surface area contributed by atoms with Gasteiger partial charge < -0.3 is 9.84 Å². The molecule has 0 saturated carbocycles. The normalized spacial score (nSPS) is 11.2. The standard InChI is InChI=1S/C17H16N2O4S/c1-9(2)14-18-13-8-10(20)4-5-11(13)15(21)19(14)16-12(6-7-24-16)17(22)23-3/h4-9,20H,1-3H3. The number of aromatic nitrogens is 2. The Labute approximate surface area is 142 Å². The summed E-state index contributed by atoms with van der Waals surface area (Å²) in [4.78, 5) is 29.5. The lowest BCUT2D eigenvalue weighted by Crippen LogP contribution is -2.25. The van der Waals surface area contributed by atoms with Gasteiger partial charge in [0.2, 0.25) is 0 Å². The Hall–Kier alpha value is -2.67. The van der Waals surface area contributed by atoms with Crippen LogP contribution in [0.3, 0.4) is 0 Å². The molecule has 0 saturated heterocycles. The van der Waals surface area contributed by atoms with E-state index >= 15 is 0 Å². The van der Waals surface area contributed by atoms with E-state index in [0.29, 0.717) is 27.3 Å². The molecule has 2 heterocycles. The van der Waals surface area contributed by atoms with Gasteiger partial charge >= 0.3 is 5.97 Å². The molecule has 7 heteroatoms. The quantitative estimate of drug-likeness (QED) is 0.739. The topological polar surface area (TPSA) is 81.4 Å². The van der Waals surface area contributed by atoms with Crippen molar-refractivity contribution < 1.29 is 14.6 Å². The van der Waals surface area contributed by atoms with E-state index in [4.69, 9.17) is 4.74 Å². The van der Waals surface area contributed by atoms with Gasteiger partial charge in [0, 0.05) is 12.0 Å². The predicted octanol–water partition coefficient (Wildman–Crippen LogP) is 3.06. The van der Waals surface area contributed by atoms with Crippen LogP contribution < -0.4 is 5.56 Å². The molecule has 0 aliphatic heterocycles. The molecule has 0 amide bonds. The molecule has 3 aromatic rings. The van der Waals surface area contributed by atoms with Crippen molar-refractivity contribution in [2.75, 3.05) is 7.11 Å². The number of carbonyl (C=O) groups is 1. The third-order valence-corrected chi connectivity index (χ3v) is 4.55. The number of methoxy groups -OCH3 is 1. The van der Waals surface area contributed by atoms with Gasteiger partial charge in [0.15, 0.2) is 0 Å². The van der Waals surface area contributed by atoms with Crippen molar-refractivity contribution in [1.82, 2.24) is 9.55 Å². The third-order valence-electron chi connectivity index (χ3n) is 3.65. The van der Waals surface area contributed by atoms with Crippen LogP contribution in [-0.2, 0) is 4.74 Å². The summed E-state index contributed by atoms with van der Waals surface area (Å²) in [5.41, 5.74) is 0.471. The first-order valence-electron chi connectivity index (χ1n) is 7.36. The number of nitrogens with zero attached hydrogens (tertiary/aromatic N) is 2. The second kappa shape index (κ2) is 6.09. The van der Waals surface area contributed by atoms with Crippen LogP contribution in [0.25, 0.3) is 15.9 Å². The van der Waals surface area contributed by atoms with Crippen LogP contribution in [-0.4, -0.2) is 27.7 Å². The first-order chi connectivity index (χ1) is 11.4. The maximum Gasteiger partial charge on any atom is 0.340 e. The van der Waals surface area contributed by atoms with Crippen LogP contribution in [0, 0.1) is 0 Å². The van der Waals surface area contributed by atoms with E-state index in [1.54, 1.807) is 11.4 Å². The second-order valence-corrected chi connectivity index (χ2v) is 6.49. The van der Waals surface area contributed by atoms with Gasteiger partial charge in [-0.3, -0.25) is 9.36 Å². The van der Waals surface area contributed by atoms with E-state index in [-0.39, 0.29) is 17.2 Å². The molecule has 3 rings (SSSR count). The molecule has 0 aliphatic rings. The van der Waals surface area contributed by atoms with E-state index < -0.39 is 5.97 Å². The summed E-state index contributed by atoms with van der Waals surface area (Å²) in [5, 5.41) is 12.2. The lowest BCUT2D eigenvalue weighted by atomic mass is 10.1. The summed E-state index contributed by atoms with van der Waals surface area (Å²) in [6.45, 7) is 3.83. The van der Waals surface area contributed by atoms with Crippen molar-refractivity contribution in [3.05, 3.63) is 51.4 Å². The predicted molar refractivity (Wildman–Crippen MR) is 92.3 cm³/mol. The number of phenolic OH excluding ortho intramolecular Hbond substituents is 1. The molecular weight excluding hydrogens is 328 g/mol. The SMILES string of the molecule is COC(=O)c1ccsc1-n1c(C(C)C)nc2cc(O)ccc2c1=O. The van der Waals surface area contributed by atoms with E-state index in [9.17, 15) is 14.7 Å². The number of esters is 1. The number of fused-ring (bicyclic) bond motifs is 1. The average Bonchev–Trinajstić information content (AvgIpc) is 3.02. The Bertz CT molecular complexity index is 988. The number of hydrogen-bond acceptors (Lipinski definition) is 6. The summed E-state index contributed by atoms with van der Waals surface area (Å²) in [6.07, 6.45) is 0. The van der Waals surface area contributed by atoms with Gasteiger partial charge in [-0.15, -0.1) is 11.3 Å².